The number of ketones is 1. The van der Waals surface area contributed by atoms with Crippen LogP contribution < -0.4 is 4.90 Å². The second-order valence-corrected chi connectivity index (χ2v) is 5.14. The summed E-state index contributed by atoms with van der Waals surface area (Å²) < 4.78 is 0. The van der Waals surface area contributed by atoms with Gasteiger partial charge in [-0.05, 0) is 29.3 Å². The van der Waals surface area contributed by atoms with Crippen LogP contribution in [0.5, 0.6) is 0 Å². The molecule has 1 aromatic carbocycles. The maximum Gasteiger partial charge on any atom is 0.161 e. The first-order valence-electron chi connectivity index (χ1n) is 6.04. The Kier molecular flexibility index (Phi) is 3.05. The summed E-state index contributed by atoms with van der Waals surface area (Å²) in [4.78, 5) is 14.0. The third kappa shape index (κ3) is 2.26. The number of hydrogen-bond acceptors (Lipinski definition) is 2. The van der Waals surface area contributed by atoms with Crippen LogP contribution in [0.1, 0.15) is 25.0 Å². The number of nitrogens with zero attached hydrogens (tertiary/aromatic N) is 1. The van der Waals surface area contributed by atoms with Crippen molar-refractivity contribution in [3.05, 3.63) is 34.9 Å². The molecule has 0 aromatic heterocycles. The van der Waals surface area contributed by atoms with Gasteiger partial charge in [-0.1, -0.05) is 19.9 Å². The van der Waals surface area contributed by atoms with Crippen molar-refractivity contribution >= 4 is 17.5 Å². The van der Waals surface area contributed by atoms with Gasteiger partial charge in [0.15, 0.2) is 5.78 Å². The van der Waals surface area contributed by atoms with Crippen LogP contribution in [-0.2, 0) is 11.2 Å². The minimum absolute atomic E-state index is 0.0869. The summed E-state index contributed by atoms with van der Waals surface area (Å²) in [6.07, 6.45) is 2.82. The van der Waals surface area contributed by atoms with Crippen molar-refractivity contribution in [1.82, 2.24) is 0 Å². The summed E-state index contributed by atoms with van der Waals surface area (Å²) in [6.45, 7) is 3.91. The van der Waals surface area contributed by atoms with Crippen molar-refractivity contribution < 1.29 is 4.79 Å². The molecule has 0 N–H and O–H groups in total. The Morgan fingerprint density at radius 2 is 2.00 bits per heavy atom. The van der Waals surface area contributed by atoms with Crippen molar-refractivity contribution in [2.24, 2.45) is 5.92 Å². The van der Waals surface area contributed by atoms with Gasteiger partial charge in [0.05, 0.1) is 0 Å². The molecule has 0 spiro atoms. The number of Topliss-reactive ketones (excluding diaryl/α,β-unsaturated/α-hetero) is 1. The number of anilines is 1. The third-order valence-electron chi connectivity index (χ3n) is 3.19. The van der Waals surface area contributed by atoms with Crippen molar-refractivity contribution in [3.8, 4) is 0 Å². The van der Waals surface area contributed by atoms with Crippen LogP contribution in [0.3, 0.4) is 0 Å². The Hall–Kier alpha value is -1.57. The quantitative estimate of drug-likeness (QED) is 0.794. The standard InChI is InChI=1S/C15H19NO/c1-10(2)15(17)13-7-11-5-6-14(16(3)4)9-12(11)8-13/h5-7,9-10H,8H2,1-4H3. The van der Waals surface area contributed by atoms with Crippen molar-refractivity contribution in [3.63, 3.8) is 0 Å². The normalized spacial score (nSPS) is 13.6. The third-order valence-corrected chi connectivity index (χ3v) is 3.19. The van der Waals surface area contributed by atoms with Gasteiger partial charge in [-0.25, -0.2) is 0 Å². The Balaban J connectivity index is 2.27. The molecule has 17 heavy (non-hydrogen) atoms. The van der Waals surface area contributed by atoms with E-state index in [0.717, 1.165) is 12.0 Å². The Morgan fingerprint density at radius 1 is 1.29 bits per heavy atom. The SMILES string of the molecule is CC(C)C(=O)C1=Cc2ccc(N(C)C)cc2C1. The summed E-state index contributed by atoms with van der Waals surface area (Å²) in [5, 5.41) is 0. The number of benzene rings is 1. The maximum atomic E-state index is 12.0. The first-order chi connectivity index (χ1) is 7.99. The van der Waals surface area contributed by atoms with E-state index in [1.54, 1.807) is 0 Å². The van der Waals surface area contributed by atoms with Crippen molar-refractivity contribution in [2.45, 2.75) is 20.3 Å². The number of carbonyl (C=O) groups excluding carboxylic acids is 1. The smallest absolute Gasteiger partial charge is 0.161 e. The molecule has 0 amide bonds. The lowest BCUT2D eigenvalue weighted by Gasteiger charge is -2.13. The van der Waals surface area contributed by atoms with Crippen LogP contribution in [-0.4, -0.2) is 19.9 Å². The largest absolute Gasteiger partial charge is 0.378 e. The van der Waals surface area contributed by atoms with Crippen LogP contribution in [0.15, 0.2) is 23.8 Å². The number of fused-ring (bicyclic) bond motifs is 1. The highest BCUT2D eigenvalue weighted by atomic mass is 16.1. The van der Waals surface area contributed by atoms with Crippen LogP contribution in [0, 0.1) is 5.92 Å². The molecular weight excluding hydrogens is 210 g/mol. The zero-order valence-corrected chi connectivity index (χ0v) is 10.9. The minimum atomic E-state index is 0.0869. The molecule has 2 heteroatoms. The highest BCUT2D eigenvalue weighted by Crippen LogP contribution is 2.29. The lowest BCUT2D eigenvalue weighted by molar-refractivity contribution is -0.118. The van der Waals surface area contributed by atoms with Crippen LogP contribution >= 0.6 is 0 Å². The topological polar surface area (TPSA) is 20.3 Å². The van der Waals surface area contributed by atoms with E-state index in [2.05, 4.69) is 23.1 Å². The molecule has 0 bridgehead atoms. The summed E-state index contributed by atoms with van der Waals surface area (Å²) in [7, 11) is 4.06. The van der Waals surface area contributed by atoms with E-state index in [0.29, 0.717) is 0 Å². The van der Waals surface area contributed by atoms with Crippen LogP contribution in [0.25, 0.3) is 6.08 Å². The fourth-order valence-electron chi connectivity index (χ4n) is 2.14. The van der Waals surface area contributed by atoms with E-state index in [9.17, 15) is 4.79 Å². The highest BCUT2D eigenvalue weighted by molar-refractivity contribution is 6.03. The number of allylic oxidation sites excluding steroid dienone is 1. The maximum absolute atomic E-state index is 12.0. The number of carbonyl (C=O) groups is 1. The van der Waals surface area contributed by atoms with Gasteiger partial charge >= 0.3 is 0 Å². The van der Waals surface area contributed by atoms with Crippen LogP contribution in [0.4, 0.5) is 5.69 Å². The fourth-order valence-corrected chi connectivity index (χ4v) is 2.14. The summed E-state index contributed by atoms with van der Waals surface area (Å²) in [6, 6.07) is 6.37. The molecule has 0 fully saturated rings. The number of rotatable bonds is 3. The molecule has 1 aliphatic rings. The zero-order valence-electron chi connectivity index (χ0n) is 10.9. The van der Waals surface area contributed by atoms with Gasteiger partial charge in [0, 0.05) is 37.7 Å². The molecule has 2 rings (SSSR count). The molecule has 0 saturated heterocycles. The van der Waals surface area contributed by atoms with Crippen molar-refractivity contribution in [2.75, 3.05) is 19.0 Å². The molecule has 90 valence electrons. The van der Waals surface area contributed by atoms with Gasteiger partial charge < -0.3 is 4.90 Å². The molecule has 1 aliphatic carbocycles. The average Bonchev–Trinajstić information content (AvgIpc) is 2.69. The molecule has 0 saturated carbocycles. The average molecular weight is 229 g/mol. The van der Waals surface area contributed by atoms with Gasteiger partial charge in [-0.3, -0.25) is 4.79 Å². The van der Waals surface area contributed by atoms with Gasteiger partial charge in [0.1, 0.15) is 0 Å². The first kappa shape index (κ1) is 11.9. The van der Waals surface area contributed by atoms with E-state index < -0.39 is 0 Å². The lowest BCUT2D eigenvalue weighted by Crippen LogP contribution is -2.10. The number of hydrogen-bond donors (Lipinski definition) is 0. The minimum Gasteiger partial charge on any atom is -0.378 e. The Morgan fingerprint density at radius 3 is 2.59 bits per heavy atom. The monoisotopic (exact) mass is 229 g/mol. The molecule has 0 unspecified atom stereocenters. The highest BCUT2D eigenvalue weighted by Gasteiger charge is 2.20. The second kappa shape index (κ2) is 4.36. The van der Waals surface area contributed by atoms with Gasteiger partial charge in [0.25, 0.3) is 0 Å². The van der Waals surface area contributed by atoms with Gasteiger partial charge in [0.2, 0.25) is 0 Å². The molecular formula is C15H19NO. The molecule has 0 heterocycles. The van der Waals surface area contributed by atoms with E-state index in [4.69, 9.17) is 0 Å². The lowest BCUT2D eigenvalue weighted by atomic mass is 9.99. The second-order valence-electron chi connectivity index (χ2n) is 5.14. The predicted octanol–water partition coefficient (Wildman–Crippen LogP) is 2.92. The molecule has 0 atom stereocenters. The molecule has 1 aromatic rings. The zero-order chi connectivity index (χ0) is 12.6. The van der Waals surface area contributed by atoms with E-state index in [-0.39, 0.29) is 11.7 Å². The fraction of sp³-hybridized carbons (Fsp3) is 0.400. The van der Waals surface area contributed by atoms with Crippen LogP contribution in [0.2, 0.25) is 0 Å². The van der Waals surface area contributed by atoms with E-state index >= 15 is 0 Å². The summed E-state index contributed by atoms with van der Waals surface area (Å²) >= 11 is 0. The summed E-state index contributed by atoms with van der Waals surface area (Å²) in [5.74, 6) is 0.358. The predicted molar refractivity (Wildman–Crippen MR) is 72.3 cm³/mol. The first-order valence-corrected chi connectivity index (χ1v) is 6.04. The molecule has 0 aliphatic heterocycles. The van der Waals surface area contributed by atoms with E-state index in [1.165, 1.54) is 16.8 Å². The summed E-state index contributed by atoms with van der Waals surface area (Å²) in [5.41, 5.74) is 4.60. The molecule has 0 radical (unpaired) electrons. The van der Waals surface area contributed by atoms with Crippen molar-refractivity contribution in [1.29, 1.82) is 0 Å². The van der Waals surface area contributed by atoms with E-state index in [1.807, 2.05) is 34.0 Å². The Labute approximate surface area is 103 Å². The van der Waals surface area contributed by atoms with Gasteiger partial charge in [-0.15, -0.1) is 0 Å². The Bertz CT molecular complexity index is 484. The van der Waals surface area contributed by atoms with Gasteiger partial charge in [-0.2, -0.15) is 0 Å². The molecule has 2 nitrogen and oxygen atoms in total.